The molecule has 2 unspecified atom stereocenters. The third-order valence-electron chi connectivity index (χ3n) is 18.6. The normalized spacial score (nSPS) is 12.5. The number of ether oxygens (including phenoxy) is 1. The smallest absolute Gasteiger partial charge is 0.305 e. The van der Waals surface area contributed by atoms with E-state index in [9.17, 15) is 19.8 Å². The number of carbonyl (C=O) groups is 2. The number of hydrogen-bond donors (Lipinski definition) is 3. The first-order valence-electron chi connectivity index (χ1n) is 38.9. The number of amides is 1. The van der Waals surface area contributed by atoms with Crippen molar-refractivity contribution in [3.05, 3.63) is 12.2 Å². The molecule has 6 heteroatoms. The van der Waals surface area contributed by atoms with E-state index in [4.69, 9.17) is 4.74 Å². The van der Waals surface area contributed by atoms with Gasteiger partial charge in [0.1, 0.15) is 0 Å². The van der Waals surface area contributed by atoms with Crippen molar-refractivity contribution in [1.82, 2.24) is 5.32 Å². The maximum absolute atomic E-state index is 12.6. The van der Waals surface area contributed by atoms with Gasteiger partial charge in [-0.15, -0.1) is 0 Å². The predicted molar refractivity (Wildman–Crippen MR) is 370 cm³/mol. The molecule has 0 aromatic heterocycles. The van der Waals surface area contributed by atoms with Crippen LogP contribution in [0.4, 0.5) is 0 Å². The molecule has 0 aliphatic carbocycles. The molecule has 0 spiro atoms. The molecule has 6 nitrogen and oxygen atoms in total. The lowest BCUT2D eigenvalue weighted by molar-refractivity contribution is -0.143. The Balaban J connectivity index is 3.33. The standard InChI is InChI=1S/C78H153NO5/c1-3-5-7-9-11-13-15-17-19-21-23-31-35-38-42-46-50-54-58-62-66-70-76(81)75(74-80)79-77(82)71-67-63-59-55-51-47-43-39-36-32-29-27-25-24-26-28-30-33-37-41-45-49-53-57-61-65-69-73-84-78(83)72-68-64-60-56-52-48-44-40-34-22-20-18-16-14-12-10-8-6-4-2/h18,20,75-76,80-81H,3-17,19,21-74H2,1-2H3,(H,79,82)/b20-18-. The summed E-state index contributed by atoms with van der Waals surface area (Å²) in [6, 6.07) is -0.540. The molecule has 0 aromatic rings. The van der Waals surface area contributed by atoms with Crippen LogP contribution in [0.25, 0.3) is 0 Å². The van der Waals surface area contributed by atoms with Gasteiger partial charge in [-0.25, -0.2) is 0 Å². The minimum atomic E-state index is -0.663. The maximum Gasteiger partial charge on any atom is 0.305 e. The van der Waals surface area contributed by atoms with E-state index < -0.39 is 12.1 Å². The highest BCUT2D eigenvalue weighted by atomic mass is 16.5. The van der Waals surface area contributed by atoms with Gasteiger partial charge in [0.25, 0.3) is 0 Å². The highest BCUT2D eigenvalue weighted by molar-refractivity contribution is 5.76. The van der Waals surface area contributed by atoms with Crippen LogP contribution in [-0.4, -0.2) is 47.4 Å². The van der Waals surface area contributed by atoms with E-state index in [0.29, 0.717) is 25.9 Å². The second-order valence-corrected chi connectivity index (χ2v) is 27.0. The van der Waals surface area contributed by atoms with E-state index in [1.807, 2.05) is 0 Å². The first-order chi connectivity index (χ1) is 41.5. The van der Waals surface area contributed by atoms with Crippen molar-refractivity contribution in [1.29, 1.82) is 0 Å². The van der Waals surface area contributed by atoms with Gasteiger partial charge < -0.3 is 20.3 Å². The third-order valence-corrected chi connectivity index (χ3v) is 18.6. The predicted octanol–water partition coefficient (Wildman–Crippen LogP) is 25.5. The molecule has 0 aromatic carbocycles. The van der Waals surface area contributed by atoms with Crippen LogP contribution in [0.5, 0.6) is 0 Å². The van der Waals surface area contributed by atoms with Crippen molar-refractivity contribution in [3.63, 3.8) is 0 Å². The molecule has 0 aliphatic heterocycles. The monoisotopic (exact) mass is 1180 g/mol. The summed E-state index contributed by atoms with van der Waals surface area (Å²) in [5.41, 5.74) is 0. The van der Waals surface area contributed by atoms with Gasteiger partial charge in [0.2, 0.25) is 5.91 Å². The fourth-order valence-electron chi connectivity index (χ4n) is 12.6. The SMILES string of the molecule is CCCCCCCC/C=C\CCCCCCCCCCCC(=O)OCCCCCCCCCCCCCCCCCCCCCCCCCCCCCC(=O)NC(CO)C(O)CCCCCCCCCCCCCCCCCCCCCCC. The highest BCUT2D eigenvalue weighted by Gasteiger charge is 2.20. The minimum absolute atomic E-state index is 0.0191. The third kappa shape index (κ3) is 69.7. The van der Waals surface area contributed by atoms with Crippen molar-refractivity contribution in [2.24, 2.45) is 0 Å². The molecule has 0 radical (unpaired) electrons. The maximum atomic E-state index is 12.6. The topological polar surface area (TPSA) is 95.9 Å². The van der Waals surface area contributed by atoms with Crippen molar-refractivity contribution >= 4 is 11.9 Å². The average molecular weight is 1190 g/mol. The number of unbranched alkanes of at least 4 members (excludes halogenated alkanes) is 61. The van der Waals surface area contributed by atoms with Crippen LogP contribution in [-0.2, 0) is 14.3 Å². The average Bonchev–Trinajstić information content (AvgIpc) is 3.51. The zero-order chi connectivity index (χ0) is 60.6. The van der Waals surface area contributed by atoms with Crippen molar-refractivity contribution in [3.8, 4) is 0 Å². The molecule has 3 N–H and O–H groups in total. The number of esters is 1. The summed E-state index contributed by atoms with van der Waals surface area (Å²) in [6.45, 7) is 5.01. The van der Waals surface area contributed by atoms with E-state index in [1.54, 1.807) is 0 Å². The summed E-state index contributed by atoms with van der Waals surface area (Å²) >= 11 is 0. The molecule has 1 amide bonds. The fraction of sp³-hybridized carbons (Fsp3) is 0.949. The van der Waals surface area contributed by atoms with E-state index in [1.165, 1.54) is 379 Å². The Hall–Kier alpha value is -1.40. The zero-order valence-electron chi connectivity index (χ0n) is 57.4. The summed E-state index contributed by atoms with van der Waals surface area (Å²) in [5, 5.41) is 23.4. The number of hydrogen-bond acceptors (Lipinski definition) is 5. The molecule has 0 saturated heterocycles. The molecular weight excluding hydrogens is 1030 g/mol. The van der Waals surface area contributed by atoms with E-state index >= 15 is 0 Å². The number of nitrogens with one attached hydrogen (secondary N) is 1. The van der Waals surface area contributed by atoms with Gasteiger partial charge in [-0.3, -0.25) is 9.59 Å². The van der Waals surface area contributed by atoms with Gasteiger partial charge in [-0.2, -0.15) is 0 Å². The van der Waals surface area contributed by atoms with Gasteiger partial charge in [0, 0.05) is 12.8 Å². The van der Waals surface area contributed by atoms with Gasteiger partial charge in [-0.1, -0.05) is 398 Å². The lowest BCUT2D eigenvalue weighted by Gasteiger charge is -2.22. The Morgan fingerprint density at radius 1 is 0.321 bits per heavy atom. The molecule has 0 fully saturated rings. The molecule has 500 valence electrons. The summed E-state index contributed by atoms with van der Waals surface area (Å²) in [6.07, 6.45) is 92.9. The number of aliphatic hydroxyl groups excluding tert-OH is 2. The van der Waals surface area contributed by atoms with Crippen LogP contribution in [0.2, 0.25) is 0 Å². The lowest BCUT2D eigenvalue weighted by Crippen LogP contribution is -2.45. The van der Waals surface area contributed by atoms with E-state index in [-0.39, 0.29) is 18.5 Å². The molecule has 0 saturated carbocycles. The molecule has 84 heavy (non-hydrogen) atoms. The molecule has 0 heterocycles. The van der Waals surface area contributed by atoms with Crippen LogP contribution < -0.4 is 5.32 Å². The second kappa shape index (κ2) is 74.1. The van der Waals surface area contributed by atoms with Crippen molar-refractivity contribution in [2.75, 3.05) is 13.2 Å². The van der Waals surface area contributed by atoms with Crippen LogP contribution in [0.3, 0.4) is 0 Å². The molecular formula is C78H153NO5. The summed E-state index contributed by atoms with van der Waals surface area (Å²) < 4.78 is 5.52. The van der Waals surface area contributed by atoms with E-state index in [0.717, 1.165) is 38.5 Å². The Bertz CT molecular complexity index is 1270. The van der Waals surface area contributed by atoms with Crippen LogP contribution in [0, 0.1) is 0 Å². The van der Waals surface area contributed by atoms with Crippen LogP contribution >= 0.6 is 0 Å². The molecule has 0 aliphatic rings. The minimum Gasteiger partial charge on any atom is -0.466 e. The Morgan fingerprint density at radius 2 is 0.560 bits per heavy atom. The van der Waals surface area contributed by atoms with Crippen molar-refractivity contribution < 1.29 is 24.5 Å². The molecule has 2 atom stereocenters. The zero-order valence-corrected chi connectivity index (χ0v) is 57.4. The van der Waals surface area contributed by atoms with Gasteiger partial charge >= 0.3 is 5.97 Å². The van der Waals surface area contributed by atoms with Crippen molar-refractivity contribution in [2.45, 2.75) is 463 Å². The van der Waals surface area contributed by atoms with Gasteiger partial charge in [-0.05, 0) is 51.4 Å². The van der Waals surface area contributed by atoms with Gasteiger partial charge in [0.05, 0.1) is 25.4 Å². The first kappa shape index (κ1) is 82.6. The van der Waals surface area contributed by atoms with Crippen LogP contribution in [0.1, 0.15) is 450 Å². The second-order valence-electron chi connectivity index (χ2n) is 27.0. The van der Waals surface area contributed by atoms with E-state index in [2.05, 4.69) is 31.3 Å². The number of aliphatic hydroxyl groups is 2. The quantitative estimate of drug-likeness (QED) is 0.0320. The number of carbonyl (C=O) groups excluding carboxylic acids is 2. The molecule has 0 bridgehead atoms. The number of rotatable bonds is 74. The largest absolute Gasteiger partial charge is 0.466 e. The Kier molecular flexibility index (Phi) is 72.8. The first-order valence-corrected chi connectivity index (χ1v) is 38.9. The van der Waals surface area contributed by atoms with Gasteiger partial charge in [0.15, 0.2) is 0 Å². The van der Waals surface area contributed by atoms with Crippen LogP contribution in [0.15, 0.2) is 12.2 Å². The Labute approximate surface area is 527 Å². The highest BCUT2D eigenvalue weighted by Crippen LogP contribution is 2.20. The summed E-state index contributed by atoms with van der Waals surface area (Å²) in [5.74, 6) is -0.00757. The lowest BCUT2D eigenvalue weighted by atomic mass is 10.0. The fourth-order valence-corrected chi connectivity index (χ4v) is 12.6. The Morgan fingerprint density at radius 3 is 0.845 bits per heavy atom. The summed E-state index contributed by atoms with van der Waals surface area (Å²) in [4.78, 5) is 24.7. The molecule has 0 rings (SSSR count). The summed E-state index contributed by atoms with van der Waals surface area (Å²) in [7, 11) is 0. The number of allylic oxidation sites excluding steroid dienone is 2.